The molecule has 6 heterocycles. The Labute approximate surface area is 414 Å². The predicted octanol–water partition coefficient (Wildman–Crippen LogP) is 6.62. The molecule has 0 spiro atoms. The van der Waals surface area contributed by atoms with Gasteiger partial charge in [0.1, 0.15) is 23.7 Å². The molecule has 71 heavy (non-hydrogen) atoms. The lowest BCUT2D eigenvalue weighted by Crippen LogP contribution is -2.54. The van der Waals surface area contributed by atoms with Crippen molar-refractivity contribution in [3.8, 4) is 5.75 Å². The zero-order valence-electron chi connectivity index (χ0n) is 40.9. The Bertz CT molecular complexity index is 2700. The highest BCUT2D eigenvalue weighted by Crippen LogP contribution is 2.45. The quantitative estimate of drug-likeness (QED) is 0.147. The van der Waals surface area contributed by atoms with Gasteiger partial charge in [0.15, 0.2) is 0 Å². The molecule has 16 heteroatoms. The number of pyridine rings is 1. The number of fused-ring (bicyclic) bond motifs is 2. The number of carbonyl (C=O) groups is 6. The molecule has 4 aromatic rings. The van der Waals surface area contributed by atoms with Crippen molar-refractivity contribution in [2.24, 2.45) is 17.3 Å². The summed E-state index contributed by atoms with van der Waals surface area (Å²) in [5, 5.41) is 6.30. The maximum absolute atomic E-state index is 14.2. The SMILES string of the molecule is CC(C)(C(=O)Nc1cccc(OC2CCN(C(=O)CN3CCC(CN4CCN(c5ccc6c(c5)C(=O)N(C5CCC(=O)NC5=O)C6=O)CC4)CC3)CC2)c1)C1CCC(c2ccnc3ccc(F)cc23)CC1. The highest BCUT2D eigenvalue weighted by Gasteiger charge is 2.45. The van der Waals surface area contributed by atoms with Crippen LogP contribution in [-0.4, -0.2) is 138 Å². The fourth-order valence-electron chi connectivity index (χ4n) is 12.0. The number of ether oxygens (including phenoxy) is 1. The lowest BCUT2D eigenvalue weighted by molar-refractivity contribution is -0.136. The summed E-state index contributed by atoms with van der Waals surface area (Å²) < 4.78 is 20.6. The van der Waals surface area contributed by atoms with E-state index in [1.54, 1.807) is 24.3 Å². The molecule has 10 rings (SSSR count). The molecule has 0 radical (unpaired) electrons. The van der Waals surface area contributed by atoms with Crippen LogP contribution in [0.3, 0.4) is 0 Å². The Hall–Kier alpha value is -6.26. The molecule has 5 aliphatic heterocycles. The van der Waals surface area contributed by atoms with E-state index >= 15 is 0 Å². The van der Waals surface area contributed by atoms with Crippen molar-refractivity contribution in [3.05, 3.63) is 95.4 Å². The van der Waals surface area contributed by atoms with E-state index in [-0.39, 0.29) is 48.1 Å². The zero-order valence-corrected chi connectivity index (χ0v) is 40.9. The van der Waals surface area contributed by atoms with Crippen molar-refractivity contribution < 1.29 is 37.9 Å². The van der Waals surface area contributed by atoms with E-state index in [1.807, 2.05) is 61.3 Å². The van der Waals surface area contributed by atoms with Crippen molar-refractivity contribution in [1.29, 1.82) is 0 Å². The van der Waals surface area contributed by atoms with E-state index in [0.717, 1.165) is 124 Å². The van der Waals surface area contributed by atoms with Crippen LogP contribution >= 0.6 is 0 Å². The van der Waals surface area contributed by atoms with Crippen molar-refractivity contribution >= 4 is 57.7 Å². The van der Waals surface area contributed by atoms with E-state index in [2.05, 4.69) is 30.3 Å². The number of amides is 6. The fraction of sp³-hybridized carbons (Fsp3) is 0.509. The van der Waals surface area contributed by atoms with Crippen LogP contribution in [0.25, 0.3) is 10.9 Å². The number of hydrogen-bond acceptors (Lipinski definition) is 11. The molecule has 1 saturated carbocycles. The third kappa shape index (κ3) is 10.4. The number of hydrogen-bond donors (Lipinski definition) is 2. The average Bonchev–Trinajstić information content (AvgIpc) is 3.62. The monoisotopic (exact) mass is 968 g/mol. The first-order chi connectivity index (χ1) is 34.3. The average molecular weight is 969 g/mol. The molecule has 6 amide bonds. The lowest BCUT2D eigenvalue weighted by atomic mass is 9.67. The smallest absolute Gasteiger partial charge is 0.262 e. The molecular formula is C55H65FN8O7. The number of halogens is 1. The number of piperidine rings is 3. The number of nitrogens with zero attached hydrogens (tertiary/aromatic N) is 6. The van der Waals surface area contributed by atoms with Gasteiger partial charge in [-0.1, -0.05) is 19.9 Å². The van der Waals surface area contributed by atoms with Gasteiger partial charge in [-0.15, -0.1) is 0 Å². The molecule has 0 bridgehead atoms. The molecular weight excluding hydrogens is 904 g/mol. The summed E-state index contributed by atoms with van der Waals surface area (Å²) >= 11 is 0. The minimum atomic E-state index is -0.981. The number of rotatable bonds is 12. The van der Waals surface area contributed by atoms with Gasteiger partial charge < -0.3 is 19.9 Å². The molecule has 6 aliphatic rings. The van der Waals surface area contributed by atoms with Crippen molar-refractivity contribution in [1.82, 2.24) is 29.9 Å². The highest BCUT2D eigenvalue weighted by atomic mass is 19.1. The van der Waals surface area contributed by atoms with Gasteiger partial charge in [0.25, 0.3) is 11.8 Å². The van der Waals surface area contributed by atoms with Gasteiger partial charge in [0, 0.05) is 99.5 Å². The Morgan fingerprint density at radius 2 is 1.52 bits per heavy atom. The summed E-state index contributed by atoms with van der Waals surface area (Å²) in [6, 6.07) is 18.8. The van der Waals surface area contributed by atoms with Crippen LogP contribution in [0.4, 0.5) is 15.8 Å². The minimum absolute atomic E-state index is 0.0144. The van der Waals surface area contributed by atoms with Crippen molar-refractivity contribution in [2.75, 3.05) is 75.7 Å². The molecule has 15 nitrogen and oxygen atoms in total. The van der Waals surface area contributed by atoms with E-state index in [4.69, 9.17) is 4.74 Å². The molecule has 5 fully saturated rings. The van der Waals surface area contributed by atoms with Crippen molar-refractivity contribution in [2.45, 2.75) is 96.1 Å². The van der Waals surface area contributed by atoms with Crippen molar-refractivity contribution in [3.63, 3.8) is 0 Å². The largest absolute Gasteiger partial charge is 0.490 e. The minimum Gasteiger partial charge on any atom is -0.490 e. The molecule has 1 aliphatic carbocycles. The van der Waals surface area contributed by atoms with Gasteiger partial charge >= 0.3 is 0 Å². The third-order valence-electron chi connectivity index (χ3n) is 16.4. The maximum Gasteiger partial charge on any atom is 0.262 e. The predicted molar refractivity (Wildman–Crippen MR) is 266 cm³/mol. The first-order valence-electron chi connectivity index (χ1n) is 25.7. The van der Waals surface area contributed by atoms with Gasteiger partial charge in [-0.3, -0.25) is 53.8 Å². The summed E-state index contributed by atoms with van der Waals surface area (Å²) in [6.07, 6.45) is 9.25. The Kier molecular flexibility index (Phi) is 13.9. The van der Waals surface area contributed by atoms with Crippen LogP contribution in [0.15, 0.2) is 72.9 Å². The second-order valence-electron chi connectivity index (χ2n) is 21.2. The number of likely N-dealkylation sites (tertiary alicyclic amines) is 2. The van der Waals surface area contributed by atoms with Gasteiger partial charge in [-0.2, -0.15) is 0 Å². The van der Waals surface area contributed by atoms with Crippen LogP contribution in [0.1, 0.15) is 110 Å². The number of benzene rings is 3. The molecule has 3 aromatic carbocycles. The van der Waals surface area contributed by atoms with E-state index in [1.165, 1.54) is 6.07 Å². The number of nitrogens with one attached hydrogen (secondary N) is 2. The zero-order chi connectivity index (χ0) is 49.4. The third-order valence-corrected chi connectivity index (χ3v) is 16.4. The number of anilines is 2. The van der Waals surface area contributed by atoms with Gasteiger partial charge in [-0.05, 0) is 136 Å². The van der Waals surface area contributed by atoms with Gasteiger partial charge in [0.05, 0.1) is 23.2 Å². The number of imide groups is 2. The summed E-state index contributed by atoms with van der Waals surface area (Å²) in [6.45, 7) is 11.9. The van der Waals surface area contributed by atoms with Crippen LogP contribution in [-0.2, 0) is 19.2 Å². The number of aromatic nitrogens is 1. The molecule has 1 aromatic heterocycles. The second kappa shape index (κ2) is 20.5. The first-order valence-corrected chi connectivity index (χ1v) is 25.7. The van der Waals surface area contributed by atoms with Crippen LogP contribution < -0.4 is 20.3 Å². The first kappa shape index (κ1) is 48.4. The number of piperazine rings is 1. The van der Waals surface area contributed by atoms with E-state index in [9.17, 15) is 33.2 Å². The Balaban J connectivity index is 0.621. The van der Waals surface area contributed by atoms with E-state index in [0.29, 0.717) is 48.5 Å². The summed E-state index contributed by atoms with van der Waals surface area (Å²) in [5.74, 6) is -0.320. The summed E-state index contributed by atoms with van der Waals surface area (Å²) in [5.41, 5.74) is 3.53. The highest BCUT2D eigenvalue weighted by molar-refractivity contribution is 6.23. The van der Waals surface area contributed by atoms with E-state index < -0.39 is 35.1 Å². The Morgan fingerprint density at radius 3 is 2.27 bits per heavy atom. The van der Waals surface area contributed by atoms with Crippen LogP contribution in [0.2, 0.25) is 0 Å². The second-order valence-corrected chi connectivity index (χ2v) is 21.2. The standard InChI is InChI=1S/C55H65FN8O7/c1-55(2,37-8-6-36(7-9-37)43-16-21-57-47-13-10-38(56)30-45(43)47)54(70)58-39-4-3-5-42(31-39)71-41-19-24-63(25-20-41)50(66)34-60-22-17-35(18-23-60)33-61-26-28-62(29-27-61)40-11-12-44-46(32-40)53(69)64(52(44)68)48-14-15-49(65)59-51(48)67/h3-5,10-13,16,21,30-32,35-37,41,48H,6-9,14-15,17-20,22-29,33-34H2,1-2H3,(H,58,70)(H,59,65,67). The summed E-state index contributed by atoms with van der Waals surface area (Å²) in [7, 11) is 0. The lowest BCUT2D eigenvalue weighted by Gasteiger charge is -2.40. The molecule has 4 saturated heterocycles. The maximum atomic E-state index is 14.2. The fourth-order valence-corrected chi connectivity index (χ4v) is 12.0. The van der Waals surface area contributed by atoms with Gasteiger partial charge in [-0.25, -0.2) is 4.39 Å². The number of carbonyl (C=O) groups excluding carboxylic acids is 6. The van der Waals surface area contributed by atoms with Gasteiger partial charge in [0.2, 0.25) is 23.6 Å². The molecule has 1 atom stereocenters. The van der Waals surface area contributed by atoms with Crippen LogP contribution in [0.5, 0.6) is 5.75 Å². The summed E-state index contributed by atoms with van der Waals surface area (Å²) in [4.78, 5) is 92.4. The van der Waals surface area contributed by atoms with Crippen LogP contribution in [0, 0.1) is 23.1 Å². The Morgan fingerprint density at radius 1 is 0.775 bits per heavy atom. The molecule has 1 unspecified atom stereocenters. The molecule has 2 N–H and O–H groups in total. The normalized spacial score (nSPS) is 23.3. The topological polar surface area (TPSA) is 165 Å². The molecule has 374 valence electrons.